The second-order valence-electron chi connectivity index (χ2n) is 11.9. The Morgan fingerprint density at radius 1 is 1.06 bits per heavy atom. The normalized spacial score (nSPS) is 21.4. The number of amides is 2. The van der Waals surface area contributed by atoms with Crippen molar-refractivity contribution in [3.05, 3.63) is 75.7 Å². The maximum atomic E-state index is 14.7. The molecule has 0 aliphatic carbocycles. The first-order chi connectivity index (χ1) is 22.7. The molecule has 15 heteroatoms. The summed E-state index contributed by atoms with van der Waals surface area (Å²) in [6, 6.07) is 10.0. The summed E-state index contributed by atoms with van der Waals surface area (Å²) >= 11 is 0.366. The van der Waals surface area contributed by atoms with E-state index in [2.05, 4.69) is 11.1 Å². The molecular weight excluding hydrogens is 662 g/mol. The van der Waals surface area contributed by atoms with E-state index in [-0.39, 0.29) is 63.2 Å². The third kappa shape index (κ3) is 6.54. The molecule has 5 rings (SSSR count). The molecule has 2 aliphatic heterocycles. The summed E-state index contributed by atoms with van der Waals surface area (Å²) in [5.41, 5.74) is -4.81. The molecule has 2 atom stereocenters. The fraction of sp³-hybridized carbons (Fsp3) is 0.455. The lowest BCUT2D eigenvalue weighted by molar-refractivity contribution is -0.160. The lowest BCUT2D eigenvalue weighted by atomic mass is 9.73. The number of aromatic hydroxyl groups is 1. The molecule has 8 nitrogen and oxygen atoms in total. The molecule has 0 radical (unpaired) electrons. The fourth-order valence-corrected chi connectivity index (χ4v) is 7.43. The van der Waals surface area contributed by atoms with Crippen LogP contribution in [0.4, 0.5) is 26.3 Å². The van der Waals surface area contributed by atoms with Crippen LogP contribution < -0.4 is 4.74 Å². The highest BCUT2D eigenvalue weighted by Gasteiger charge is 2.57. The van der Waals surface area contributed by atoms with Crippen LogP contribution in [0.15, 0.2) is 54.0 Å². The Hall–Kier alpha value is -4.32. The van der Waals surface area contributed by atoms with Gasteiger partial charge >= 0.3 is 12.4 Å². The van der Waals surface area contributed by atoms with Crippen molar-refractivity contribution in [1.29, 1.82) is 5.26 Å². The number of piperidine rings is 2. The zero-order chi connectivity index (χ0) is 34.9. The number of carbonyl (C=O) groups excluding carboxylic acids is 2. The van der Waals surface area contributed by atoms with Gasteiger partial charge in [0, 0.05) is 49.3 Å². The second-order valence-corrected chi connectivity index (χ2v) is 12.9. The molecule has 2 fully saturated rings. The maximum absolute atomic E-state index is 14.7. The van der Waals surface area contributed by atoms with E-state index in [1.54, 1.807) is 25.1 Å². The predicted molar refractivity (Wildman–Crippen MR) is 162 cm³/mol. The number of hydrogen-bond acceptors (Lipinski definition) is 7. The number of thiophene rings is 1. The van der Waals surface area contributed by atoms with Crippen molar-refractivity contribution < 1.29 is 45.8 Å². The van der Waals surface area contributed by atoms with Gasteiger partial charge in [-0.2, -0.15) is 31.6 Å². The number of nitriles is 1. The minimum atomic E-state index is -4.91. The third-order valence-electron chi connectivity index (χ3n) is 9.05. The van der Waals surface area contributed by atoms with E-state index in [4.69, 9.17) is 4.74 Å². The summed E-state index contributed by atoms with van der Waals surface area (Å²) in [6.45, 7) is 1.72. The van der Waals surface area contributed by atoms with Gasteiger partial charge in [-0.05, 0) is 43.9 Å². The van der Waals surface area contributed by atoms with E-state index in [1.807, 2.05) is 0 Å². The molecule has 1 aromatic carbocycles. The lowest BCUT2D eigenvalue weighted by Crippen LogP contribution is -2.68. The maximum Gasteiger partial charge on any atom is 0.425 e. The van der Waals surface area contributed by atoms with E-state index >= 15 is 0 Å². The highest BCUT2D eigenvalue weighted by Crippen LogP contribution is 2.44. The van der Waals surface area contributed by atoms with Gasteiger partial charge in [-0.15, -0.1) is 11.3 Å². The standard InChI is InChI=1S/C33H32F6N4O4S/c1-2-7-25-31(47-21-18-26(48-19-21)33(37,38)39,11-6-15-43(25)28(45)27-23(32(34,35)36)9-5-14-41-27)29(46)42-16-12-30(20-40,13-17-42)22-8-3-4-10-24(22)44/h3-5,8-10,14,18-19,25,44H,2,6-7,11-13,15-17H2,1H3/t25-,31+/m1/s1. The quantitative estimate of drug-likeness (QED) is 0.263. The van der Waals surface area contributed by atoms with Gasteiger partial charge in [-0.3, -0.25) is 14.6 Å². The molecular formula is C33H32F6N4O4S. The zero-order valence-electron chi connectivity index (χ0n) is 25.8. The van der Waals surface area contributed by atoms with E-state index in [9.17, 15) is 46.3 Å². The fourth-order valence-electron chi connectivity index (χ4n) is 6.75. The van der Waals surface area contributed by atoms with Gasteiger partial charge in [0.15, 0.2) is 0 Å². The van der Waals surface area contributed by atoms with Gasteiger partial charge < -0.3 is 19.6 Å². The monoisotopic (exact) mass is 694 g/mol. The average molecular weight is 695 g/mol. The van der Waals surface area contributed by atoms with Crippen molar-refractivity contribution in [1.82, 2.24) is 14.8 Å². The number of aromatic nitrogens is 1. The van der Waals surface area contributed by atoms with Gasteiger partial charge in [-0.1, -0.05) is 31.5 Å². The van der Waals surface area contributed by atoms with Crippen LogP contribution in [-0.2, 0) is 22.6 Å². The summed E-state index contributed by atoms with van der Waals surface area (Å²) < 4.78 is 88.8. The Kier molecular flexibility index (Phi) is 9.69. The number of hydrogen-bond donors (Lipinski definition) is 1. The molecule has 2 aromatic heterocycles. The number of carbonyl (C=O) groups is 2. The molecule has 256 valence electrons. The summed E-state index contributed by atoms with van der Waals surface area (Å²) in [5.74, 6) is -2.07. The smallest absolute Gasteiger partial charge is 0.425 e. The van der Waals surface area contributed by atoms with E-state index in [1.165, 1.54) is 11.0 Å². The molecule has 1 N–H and O–H groups in total. The number of halogens is 6. The van der Waals surface area contributed by atoms with Crippen molar-refractivity contribution in [2.75, 3.05) is 19.6 Å². The molecule has 0 spiro atoms. The van der Waals surface area contributed by atoms with Gasteiger partial charge in [0.1, 0.15) is 22.1 Å². The summed E-state index contributed by atoms with van der Waals surface area (Å²) in [4.78, 5) is 34.0. The Morgan fingerprint density at radius 3 is 2.38 bits per heavy atom. The van der Waals surface area contributed by atoms with Crippen molar-refractivity contribution in [2.24, 2.45) is 0 Å². The van der Waals surface area contributed by atoms with Crippen molar-refractivity contribution in [3.8, 4) is 17.6 Å². The number of para-hydroxylation sites is 1. The number of likely N-dealkylation sites (tertiary alicyclic amines) is 2. The van der Waals surface area contributed by atoms with Crippen LogP contribution in [0.5, 0.6) is 11.5 Å². The van der Waals surface area contributed by atoms with Gasteiger partial charge in [0.25, 0.3) is 11.8 Å². The van der Waals surface area contributed by atoms with Crippen molar-refractivity contribution in [3.63, 3.8) is 0 Å². The number of phenolic OH excluding ortho intramolecular Hbond substituents is 1. The van der Waals surface area contributed by atoms with Crippen LogP contribution in [0.25, 0.3) is 0 Å². The Labute approximate surface area is 276 Å². The second kappa shape index (κ2) is 13.3. The first-order valence-electron chi connectivity index (χ1n) is 15.3. The summed E-state index contributed by atoms with van der Waals surface area (Å²) in [6.07, 6.45) is -7.82. The zero-order valence-corrected chi connectivity index (χ0v) is 26.6. The molecule has 0 unspecified atom stereocenters. The number of phenols is 1. The van der Waals surface area contributed by atoms with Crippen LogP contribution in [0.2, 0.25) is 0 Å². The minimum Gasteiger partial charge on any atom is -0.508 e. The van der Waals surface area contributed by atoms with Crippen LogP contribution in [0, 0.1) is 11.3 Å². The van der Waals surface area contributed by atoms with Gasteiger partial charge in [0.2, 0.25) is 5.60 Å². The lowest BCUT2D eigenvalue weighted by Gasteiger charge is -2.51. The van der Waals surface area contributed by atoms with Crippen molar-refractivity contribution in [2.45, 2.75) is 74.9 Å². The summed E-state index contributed by atoms with van der Waals surface area (Å²) in [5, 5.41) is 21.8. The van der Waals surface area contributed by atoms with Crippen LogP contribution in [0.1, 0.15) is 71.9 Å². The third-order valence-corrected chi connectivity index (χ3v) is 10.0. The molecule has 2 saturated heterocycles. The van der Waals surface area contributed by atoms with Gasteiger partial charge in [0.05, 0.1) is 23.1 Å². The number of nitrogens with zero attached hydrogens (tertiary/aromatic N) is 4. The summed E-state index contributed by atoms with van der Waals surface area (Å²) in [7, 11) is 0. The van der Waals surface area contributed by atoms with Crippen LogP contribution >= 0.6 is 11.3 Å². The number of benzene rings is 1. The Balaban J connectivity index is 1.55. The first kappa shape index (κ1) is 35.0. The Morgan fingerprint density at radius 2 is 1.77 bits per heavy atom. The van der Waals surface area contributed by atoms with E-state index < -0.39 is 57.4 Å². The molecule has 0 saturated carbocycles. The molecule has 0 bridgehead atoms. The average Bonchev–Trinajstić information content (AvgIpc) is 3.54. The molecule has 3 aromatic rings. The SMILES string of the molecule is CCC[C@H]1N(C(=O)c2ncccc2C(F)(F)F)CCC[C@@]1(Oc1csc(C(F)(F)F)c1)C(=O)N1CCC(C#N)(c2ccccc2O)CC1. The molecule has 4 heterocycles. The first-order valence-corrected chi connectivity index (χ1v) is 16.2. The van der Waals surface area contributed by atoms with Crippen LogP contribution in [0.3, 0.4) is 0 Å². The van der Waals surface area contributed by atoms with Crippen molar-refractivity contribution >= 4 is 23.2 Å². The largest absolute Gasteiger partial charge is 0.508 e. The predicted octanol–water partition coefficient (Wildman–Crippen LogP) is 7.19. The number of alkyl halides is 6. The number of ether oxygens (including phenoxy) is 1. The highest BCUT2D eigenvalue weighted by atomic mass is 32.1. The van der Waals surface area contributed by atoms with Crippen LogP contribution in [-0.4, -0.2) is 63.0 Å². The topological polar surface area (TPSA) is 107 Å². The molecule has 48 heavy (non-hydrogen) atoms. The molecule has 2 aliphatic rings. The van der Waals surface area contributed by atoms with E-state index in [0.29, 0.717) is 23.3 Å². The Bertz CT molecular complexity index is 1700. The van der Waals surface area contributed by atoms with E-state index in [0.717, 1.165) is 34.7 Å². The number of pyridine rings is 1. The molecule has 2 amide bonds. The number of rotatable bonds is 7. The minimum absolute atomic E-state index is 0.00846. The highest BCUT2D eigenvalue weighted by molar-refractivity contribution is 7.10. The van der Waals surface area contributed by atoms with Gasteiger partial charge in [-0.25, -0.2) is 0 Å².